The normalized spacial score (nSPS) is 22.2. The maximum absolute atomic E-state index is 13.2. The van der Waals surface area contributed by atoms with Crippen molar-refractivity contribution in [2.45, 2.75) is 76.5 Å². The minimum Gasteiger partial charge on any atom is -0.490 e. The zero-order valence-corrected chi connectivity index (χ0v) is 20.1. The number of likely N-dealkylation sites (N-methyl/N-ethyl adjacent to an activating group) is 2. The van der Waals surface area contributed by atoms with Crippen LogP contribution in [0.5, 0.6) is 5.75 Å². The molecule has 2 aromatic rings. The number of aromatic nitrogens is 2. The van der Waals surface area contributed by atoms with E-state index in [0.717, 1.165) is 69.6 Å². The molecule has 0 bridgehead atoms. The molecule has 0 saturated heterocycles. The van der Waals surface area contributed by atoms with Crippen molar-refractivity contribution in [2.24, 2.45) is 0 Å². The van der Waals surface area contributed by atoms with E-state index in [1.54, 1.807) is 4.57 Å². The van der Waals surface area contributed by atoms with Crippen LogP contribution in [0.15, 0.2) is 41.5 Å². The van der Waals surface area contributed by atoms with Gasteiger partial charge in [-0.1, -0.05) is 6.92 Å². The van der Waals surface area contributed by atoms with Crippen molar-refractivity contribution in [3.05, 3.63) is 47.1 Å². The molecule has 6 nitrogen and oxygen atoms in total. The van der Waals surface area contributed by atoms with Crippen LogP contribution in [-0.4, -0.2) is 64.8 Å². The van der Waals surface area contributed by atoms with E-state index in [0.29, 0.717) is 18.2 Å². The molecule has 0 aliphatic heterocycles. The van der Waals surface area contributed by atoms with Crippen LogP contribution in [-0.2, 0) is 0 Å². The molecule has 0 radical (unpaired) electrons. The third-order valence-corrected chi connectivity index (χ3v) is 7.34. The molecule has 2 aliphatic rings. The Kier molecular flexibility index (Phi) is 7.74. The highest BCUT2D eigenvalue weighted by atomic mass is 16.5. The Balaban J connectivity index is 1.36. The highest BCUT2D eigenvalue weighted by Crippen LogP contribution is 2.30. The first-order valence-electron chi connectivity index (χ1n) is 12.5. The van der Waals surface area contributed by atoms with E-state index < -0.39 is 0 Å². The Bertz CT molecular complexity index is 887. The second kappa shape index (κ2) is 10.7. The second-order valence-electron chi connectivity index (χ2n) is 9.77. The van der Waals surface area contributed by atoms with E-state index in [1.807, 2.05) is 41.2 Å². The molecule has 2 fully saturated rings. The number of hydrogen-bond acceptors (Lipinski definition) is 4. The summed E-state index contributed by atoms with van der Waals surface area (Å²) < 4.78 is 9.78. The molecule has 2 aliphatic carbocycles. The van der Waals surface area contributed by atoms with Gasteiger partial charge in [-0.2, -0.15) is 0 Å². The van der Waals surface area contributed by atoms with Crippen LogP contribution in [0, 0.1) is 0 Å². The van der Waals surface area contributed by atoms with Gasteiger partial charge in [0.05, 0.1) is 11.8 Å². The largest absolute Gasteiger partial charge is 0.490 e. The van der Waals surface area contributed by atoms with Gasteiger partial charge in [-0.15, -0.1) is 0 Å². The van der Waals surface area contributed by atoms with Gasteiger partial charge < -0.3 is 9.64 Å². The van der Waals surface area contributed by atoms with E-state index in [-0.39, 0.29) is 5.69 Å². The Morgan fingerprint density at radius 2 is 1.62 bits per heavy atom. The number of rotatable bonds is 9. The van der Waals surface area contributed by atoms with Crippen LogP contribution in [0.2, 0.25) is 0 Å². The third-order valence-electron chi connectivity index (χ3n) is 7.34. The summed E-state index contributed by atoms with van der Waals surface area (Å²) in [4.78, 5) is 18.0. The molecule has 0 amide bonds. The van der Waals surface area contributed by atoms with Crippen LogP contribution in [0.3, 0.4) is 0 Å². The lowest BCUT2D eigenvalue weighted by molar-refractivity contribution is 0.133. The minimum atomic E-state index is 0.0675. The lowest BCUT2D eigenvalue weighted by atomic mass is 9.90. The minimum absolute atomic E-state index is 0.0675. The lowest BCUT2D eigenvalue weighted by Gasteiger charge is -2.37. The SMILES string of the molecule is CCN(CCN(C)C)C1CCC(n2ccn(-c3ccc(OC4CCCC4)cc3)c2=O)CC1. The van der Waals surface area contributed by atoms with Crippen molar-refractivity contribution in [2.75, 3.05) is 33.7 Å². The first-order valence-corrected chi connectivity index (χ1v) is 12.5. The number of hydrogen-bond donors (Lipinski definition) is 0. The molecule has 1 aromatic heterocycles. The van der Waals surface area contributed by atoms with E-state index in [1.165, 1.54) is 12.8 Å². The molecular weight excluding hydrogens is 400 g/mol. The van der Waals surface area contributed by atoms with E-state index in [2.05, 4.69) is 30.8 Å². The molecular formula is C26H40N4O2. The van der Waals surface area contributed by atoms with Crippen molar-refractivity contribution >= 4 is 0 Å². The lowest BCUT2D eigenvalue weighted by Crippen LogP contribution is -2.42. The zero-order chi connectivity index (χ0) is 22.5. The summed E-state index contributed by atoms with van der Waals surface area (Å²) in [5, 5.41) is 0. The van der Waals surface area contributed by atoms with Crippen LogP contribution in [0.1, 0.15) is 64.3 Å². The van der Waals surface area contributed by atoms with Gasteiger partial charge in [0.1, 0.15) is 5.75 Å². The summed E-state index contributed by atoms with van der Waals surface area (Å²) in [6.45, 7) is 5.58. The number of benzene rings is 1. The first-order chi connectivity index (χ1) is 15.5. The van der Waals surface area contributed by atoms with Crippen molar-refractivity contribution in [3.63, 3.8) is 0 Å². The second-order valence-corrected chi connectivity index (χ2v) is 9.77. The average molecular weight is 441 g/mol. The molecule has 0 unspecified atom stereocenters. The van der Waals surface area contributed by atoms with E-state index in [9.17, 15) is 4.79 Å². The summed E-state index contributed by atoms with van der Waals surface area (Å²) in [5.74, 6) is 0.904. The monoisotopic (exact) mass is 440 g/mol. The predicted molar refractivity (Wildman–Crippen MR) is 130 cm³/mol. The standard InChI is InChI=1S/C26H40N4O2/c1-4-28(18-17-27(2)3)21-9-11-22(12-10-21)29-19-20-30(26(29)31)23-13-15-25(16-14-23)32-24-7-5-6-8-24/h13-16,19-22,24H,4-12,17-18H2,1-3H3. The fraction of sp³-hybridized carbons (Fsp3) is 0.654. The summed E-state index contributed by atoms with van der Waals surface area (Å²) in [6.07, 6.45) is 13.5. The van der Waals surface area contributed by atoms with Crippen molar-refractivity contribution in [3.8, 4) is 11.4 Å². The molecule has 176 valence electrons. The van der Waals surface area contributed by atoms with Gasteiger partial charge in [-0.25, -0.2) is 4.79 Å². The maximum Gasteiger partial charge on any atom is 0.332 e. The van der Waals surface area contributed by atoms with Crippen molar-refractivity contribution in [1.82, 2.24) is 18.9 Å². The molecule has 0 spiro atoms. The predicted octanol–water partition coefficient (Wildman–Crippen LogP) is 4.33. The highest BCUT2D eigenvalue weighted by molar-refractivity contribution is 5.37. The van der Waals surface area contributed by atoms with Gasteiger partial charge in [0.2, 0.25) is 0 Å². The Morgan fingerprint density at radius 3 is 2.25 bits per heavy atom. The maximum atomic E-state index is 13.2. The van der Waals surface area contributed by atoms with Gasteiger partial charge in [0.25, 0.3) is 0 Å². The van der Waals surface area contributed by atoms with Crippen molar-refractivity contribution < 1.29 is 4.74 Å². The van der Waals surface area contributed by atoms with Gasteiger partial charge in [0.15, 0.2) is 0 Å². The Morgan fingerprint density at radius 1 is 0.938 bits per heavy atom. The summed E-state index contributed by atoms with van der Waals surface area (Å²) in [7, 11) is 4.27. The molecule has 0 atom stereocenters. The fourth-order valence-corrected chi connectivity index (χ4v) is 5.38. The van der Waals surface area contributed by atoms with Crippen molar-refractivity contribution in [1.29, 1.82) is 0 Å². The molecule has 2 saturated carbocycles. The van der Waals surface area contributed by atoms with Crippen LogP contribution < -0.4 is 10.4 Å². The van der Waals surface area contributed by atoms with Gasteiger partial charge >= 0.3 is 5.69 Å². The van der Waals surface area contributed by atoms with Crippen LogP contribution in [0.4, 0.5) is 0 Å². The third kappa shape index (κ3) is 5.46. The average Bonchev–Trinajstić information content (AvgIpc) is 3.45. The molecule has 0 N–H and O–H groups in total. The summed E-state index contributed by atoms with van der Waals surface area (Å²) >= 11 is 0. The number of nitrogens with zero attached hydrogens (tertiary/aromatic N) is 4. The van der Waals surface area contributed by atoms with E-state index in [4.69, 9.17) is 4.74 Å². The summed E-state index contributed by atoms with van der Waals surface area (Å²) in [6, 6.07) is 8.93. The first kappa shape index (κ1) is 23.1. The summed E-state index contributed by atoms with van der Waals surface area (Å²) in [5.41, 5.74) is 0.972. The van der Waals surface area contributed by atoms with Crippen LogP contribution in [0.25, 0.3) is 5.69 Å². The quantitative estimate of drug-likeness (QED) is 0.582. The zero-order valence-electron chi connectivity index (χ0n) is 20.1. The highest BCUT2D eigenvalue weighted by Gasteiger charge is 2.27. The molecule has 4 rings (SSSR count). The van der Waals surface area contributed by atoms with Gasteiger partial charge in [-0.05, 0) is 96.3 Å². The number of ether oxygens (including phenoxy) is 1. The van der Waals surface area contributed by atoms with Gasteiger partial charge in [0, 0.05) is 37.6 Å². The van der Waals surface area contributed by atoms with Gasteiger partial charge in [-0.3, -0.25) is 14.0 Å². The fourth-order valence-electron chi connectivity index (χ4n) is 5.38. The van der Waals surface area contributed by atoms with E-state index >= 15 is 0 Å². The topological polar surface area (TPSA) is 42.6 Å². The Labute approximate surface area is 192 Å². The van der Waals surface area contributed by atoms with Crippen LogP contribution >= 0.6 is 0 Å². The number of imidazole rings is 1. The molecule has 6 heteroatoms. The molecule has 1 heterocycles. The Hall–Kier alpha value is -2.05. The molecule has 1 aromatic carbocycles. The smallest absolute Gasteiger partial charge is 0.332 e. The molecule has 32 heavy (non-hydrogen) atoms.